The van der Waals surface area contributed by atoms with Crippen LogP contribution < -0.4 is 0 Å². The number of hydrogen-bond donors (Lipinski definition) is 0. The molecule has 0 spiro atoms. The first-order valence-electron chi connectivity index (χ1n) is 7.30. The van der Waals surface area contributed by atoms with Crippen LogP contribution >= 0.6 is 0 Å². The molecule has 4 heteroatoms. The van der Waals surface area contributed by atoms with E-state index in [1.807, 2.05) is 33.3 Å². The molecule has 0 heterocycles. The Morgan fingerprint density at radius 2 is 1.05 bits per heavy atom. The van der Waals surface area contributed by atoms with Gasteiger partial charge in [-0.05, 0) is 0 Å². The van der Waals surface area contributed by atoms with Gasteiger partial charge in [0.05, 0.1) is 0 Å². The van der Waals surface area contributed by atoms with Crippen molar-refractivity contribution in [1.82, 2.24) is 0 Å². The fourth-order valence-electron chi connectivity index (χ4n) is 0.340. The Kier molecular flexibility index (Phi) is 35.1. The molecule has 0 unspecified atom stereocenters. The average Bonchev–Trinajstić information content (AvgIpc) is 2.99. The van der Waals surface area contributed by atoms with E-state index in [2.05, 4.69) is 69.6 Å². The molecule has 0 saturated carbocycles. The molecule has 0 saturated heterocycles. The Labute approximate surface area is 153 Å². The number of allylic oxidation sites excluding steroid dienone is 4. The monoisotopic (exact) mass is 461 g/mol. The molecule has 0 aromatic rings. The van der Waals surface area contributed by atoms with Gasteiger partial charge in [-0.2, -0.15) is 27.2 Å². The largest absolute Gasteiger partial charge is 4.00 e. The Morgan fingerprint density at radius 1 is 0.762 bits per heavy atom. The second kappa shape index (κ2) is 25.2. The van der Waals surface area contributed by atoms with Gasteiger partial charge in [0.1, 0.15) is 0 Å². The second-order valence-electron chi connectivity index (χ2n) is 5.06. The summed E-state index contributed by atoms with van der Waals surface area (Å²) in [6, 6.07) is 1.53. The quantitative estimate of drug-likeness (QED) is 0.395. The molecule has 0 N–H and O–H groups in total. The van der Waals surface area contributed by atoms with Gasteiger partial charge in [0.25, 0.3) is 0 Å². The van der Waals surface area contributed by atoms with Crippen molar-refractivity contribution in [2.75, 3.05) is 21.1 Å². The maximum atomic E-state index is 3.89. The molecule has 3 nitrogen and oxygen atoms in total. The first-order chi connectivity index (χ1) is 9.31. The molecule has 1 rings (SSSR count). The first kappa shape index (κ1) is 29.3. The molecule has 0 aromatic heterocycles. The van der Waals surface area contributed by atoms with Crippen molar-refractivity contribution in [1.29, 1.82) is 0 Å². The molecule has 0 aromatic carbocycles. The predicted octanol–water partition coefficient (Wildman–Crippen LogP) is 5.50. The molecule has 122 valence electrons. The van der Waals surface area contributed by atoms with Crippen LogP contribution in [0.3, 0.4) is 0 Å². The summed E-state index contributed by atoms with van der Waals surface area (Å²) in [5.74, 6) is 0. The average molecular weight is 460 g/mol. The molecule has 0 aliphatic heterocycles. The van der Waals surface area contributed by atoms with Crippen molar-refractivity contribution in [2.24, 2.45) is 0 Å². The summed E-state index contributed by atoms with van der Waals surface area (Å²) in [5.41, 5.74) is 0. The summed E-state index contributed by atoms with van der Waals surface area (Å²) < 4.78 is 0. The van der Waals surface area contributed by atoms with E-state index in [1.165, 1.54) is 0 Å². The van der Waals surface area contributed by atoms with Crippen molar-refractivity contribution in [3.8, 4) is 0 Å². The molecule has 1 aliphatic rings. The van der Waals surface area contributed by atoms with E-state index >= 15 is 0 Å². The topological polar surface area (TPSA) is 42.3 Å². The van der Waals surface area contributed by atoms with Gasteiger partial charge in [-0.3, -0.25) is 6.08 Å². The number of hydrogen-bond acceptors (Lipinski definition) is 0. The van der Waals surface area contributed by atoms with Crippen LogP contribution in [0.5, 0.6) is 0 Å². The van der Waals surface area contributed by atoms with Gasteiger partial charge >= 0.3 is 25.8 Å². The third kappa shape index (κ3) is 53.3. The van der Waals surface area contributed by atoms with E-state index < -0.39 is 0 Å². The molecular weight excluding hydrogens is 425 g/mol. The molecule has 0 bridgehead atoms. The molecular formula is C17H35HfN3. The summed E-state index contributed by atoms with van der Waals surface area (Å²) >= 11 is 0. The van der Waals surface area contributed by atoms with E-state index in [9.17, 15) is 0 Å². The molecule has 0 radical (unpaired) electrons. The molecule has 0 atom stereocenters. The van der Waals surface area contributed by atoms with Crippen LogP contribution in [0.2, 0.25) is 0 Å². The zero-order chi connectivity index (χ0) is 16.4. The van der Waals surface area contributed by atoms with Crippen LogP contribution in [-0.2, 0) is 25.8 Å². The minimum Gasteiger partial charge on any atom is -0.663 e. The first-order valence-corrected chi connectivity index (χ1v) is 7.30. The van der Waals surface area contributed by atoms with E-state index in [4.69, 9.17) is 0 Å². The molecule has 0 fully saturated rings. The van der Waals surface area contributed by atoms with Crippen LogP contribution in [-0.4, -0.2) is 39.3 Å². The third-order valence-electron chi connectivity index (χ3n) is 2.14. The van der Waals surface area contributed by atoms with Gasteiger partial charge < -0.3 is 16.0 Å². The summed E-state index contributed by atoms with van der Waals surface area (Å²) in [7, 11) is 5.47. The van der Waals surface area contributed by atoms with Gasteiger partial charge in [0, 0.05) is 0 Å². The van der Waals surface area contributed by atoms with Gasteiger partial charge in [0.2, 0.25) is 0 Å². The predicted molar refractivity (Wildman–Crippen MR) is 94.8 cm³/mol. The van der Waals surface area contributed by atoms with E-state index in [0.29, 0.717) is 18.1 Å². The van der Waals surface area contributed by atoms with Crippen LogP contribution in [0, 0.1) is 6.08 Å². The Bertz CT molecular complexity index is 183. The third-order valence-corrected chi connectivity index (χ3v) is 2.14. The molecule has 0 amide bonds. The Hall–Kier alpha value is 0.230. The fraction of sp³-hybridized carbons (Fsp3) is 0.765. The molecule has 1 aliphatic carbocycles. The summed E-state index contributed by atoms with van der Waals surface area (Å²) in [6.45, 7) is 12.3. The van der Waals surface area contributed by atoms with E-state index in [-0.39, 0.29) is 25.8 Å². The second-order valence-corrected chi connectivity index (χ2v) is 5.06. The normalized spacial score (nSPS) is 11.0. The van der Waals surface area contributed by atoms with Crippen LogP contribution in [0.1, 0.15) is 48.0 Å². The standard InChI is InChI=1S/C5H5.3C4H10N.Hf/c1-2-4-5-3-1;3*1-4(2)5-3;/h1-3H,4H2;3*4H,1-3H3;/q4*-1;+4. The van der Waals surface area contributed by atoms with Gasteiger partial charge in [0.15, 0.2) is 0 Å². The number of rotatable bonds is 3. The Morgan fingerprint density at radius 3 is 1.10 bits per heavy atom. The zero-order valence-electron chi connectivity index (χ0n) is 15.5. The minimum absolute atomic E-state index is 0. The van der Waals surface area contributed by atoms with Crippen molar-refractivity contribution in [3.05, 3.63) is 40.3 Å². The smallest absolute Gasteiger partial charge is 0.663 e. The summed E-state index contributed by atoms with van der Waals surface area (Å²) in [5, 5.41) is 11.7. The maximum absolute atomic E-state index is 3.89. The Balaban J connectivity index is -0.0000000903. The van der Waals surface area contributed by atoms with E-state index in [1.54, 1.807) is 0 Å². The SMILES string of the molecule is C[N-]C(C)C.C[N-]C(C)C.C[N-]C(C)C.[C-]1=CC=CC1.[Hf+4]. The van der Waals surface area contributed by atoms with Crippen LogP contribution in [0.4, 0.5) is 0 Å². The van der Waals surface area contributed by atoms with Crippen molar-refractivity contribution >= 4 is 0 Å². The van der Waals surface area contributed by atoms with Gasteiger partial charge in [-0.25, -0.2) is 12.2 Å². The summed E-state index contributed by atoms with van der Waals surface area (Å²) in [6.07, 6.45) is 10.0. The van der Waals surface area contributed by atoms with Crippen molar-refractivity contribution in [2.45, 2.75) is 66.1 Å². The van der Waals surface area contributed by atoms with Gasteiger partial charge in [-0.1, -0.05) is 41.5 Å². The summed E-state index contributed by atoms with van der Waals surface area (Å²) in [4.78, 5) is 0. The van der Waals surface area contributed by atoms with Crippen LogP contribution in [0.15, 0.2) is 18.2 Å². The van der Waals surface area contributed by atoms with E-state index in [0.717, 1.165) is 6.42 Å². The zero-order valence-corrected chi connectivity index (χ0v) is 19.1. The fourth-order valence-corrected chi connectivity index (χ4v) is 0.340. The maximum Gasteiger partial charge on any atom is 4.00 e. The number of nitrogens with zero attached hydrogens (tertiary/aromatic N) is 3. The minimum atomic E-state index is 0. The van der Waals surface area contributed by atoms with Gasteiger partial charge in [-0.15, -0.1) is 24.5 Å². The van der Waals surface area contributed by atoms with Crippen LogP contribution in [0.25, 0.3) is 16.0 Å². The molecule has 21 heavy (non-hydrogen) atoms. The van der Waals surface area contributed by atoms with Crippen molar-refractivity contribution < 1.29 is 25.8 Å². The van der Waals surface area contributed by atoms with Crippen molar-refractivity contribution in [3.63, 3.8) is 0 Å².